The van der Waals surface area contributed by atoms with Gasteiger partial charge in [0.2, 0.25) is 0 Å². The summed E-state index contributed by atoms with van der Waals surface area (Å²) >= 11 is 0. The van der Waals surface area contributed by atoms with Crippen LogP contribution in [0.5, 0.6) is 0 Å². The third-order valence-electron chi connectivity index (χ3n) is 1.64. The van der Waals surface area contributed by atoms with Crippen LogP contribution in [0, 0.1) is 0 Å². The maximum atomic E-state index is 5.37. The molecule has 0 fully saturated rings. The fraction of sp³-hybridized carbons (Fsp3) is 0.714. The SMILES string of the molecule is CC1NC=CCOC1C. The Morgan fingerprint density at radius 1 is 1.56 bits per heavy atom. The highest BCUT2D eigenvalue weighted by Gasteiger charge is 2.10. The smallest absolute Gasteiger partial charge is 0.0749 e. The fourth-order valence-electron chi connectivity index (χ4n) is 0.755. The Balaban J connectivity index is 2.42. The summed E-state index contributed by atoms with van der Waals surface area (Å²) in [7, 11) is 0. The highest BCUT2D eigenvalue weighted by atomic mass is 16.5. The number of hydrogen-bond donors (Lipinski definition) is 1. The number of hydrogen-bond acceptors (Lipinski definition) is 2. The zero-order valence-electron chi connectivity index (χ0n) is 5.92. The molecule has 0 saturated carbocycles. The second-order valence-corrected chi connectivity index (χ2v) is 2.40. The van der Waals surface area contributed by atoms with Gasteiger partial charge in [-0.15, -0.1) is 0 Å². The van der Waals surface area contributed by atoms with Crippen molar-refractivity contribution >= 4 is 0 Å². The maximum absolute atomic E-state index is 5.37. The molecule has 0 amide bonds. The van der Waals surface area contributed by atoms with E-state index in [-0.39, 0.29) is 0 Å². The lowest BCUT2D eigenvalue weighted by Gasteiger charge is -2.16. The summed E-state index contributed by atoms with van der Waals surface area (Å²) in [6.07, 6.45) is 4.26. The molecule has 2 nitrogen and oxygen atoms in total. The maximum Gasteiger partial charge on any atom is 0.0749 e. The van der Waals surface area contributed by atoms with E-state index in [1.807, 2.05) is 12.3 Å². The number of ether oxygens (including phenoxy) is 1. The van der Waals surface area contributed by atoms with E-state index in [9.17, 15) is 0 Å². The van der Waals surface area contributed by atoms with Gasteiger partial charge in [-0.05, 0) is 26.1 Å². The van der Waals surface area contributed by atoms with Crippen molar-refractivity contribution in [2.75, 3.05) is 6.61 Å². The van der Waals surface area contributed by atoms with Crippen LogP contribution < -0.4 is 5.32 Å². The Hall–Kier alpha value is -0.500. The van der Waals surface area contributed by atoms with Gasteiger partial charge < -0.3 is 10.1 Å². The zero-order valence-corrected chi connectivity index (χ0v) is 5.92. The van der Waals surface area contributed by atoms with Gasteiger partial charge in [0.25, 0.3) is 0 Å². The van der Waals surface area contributed by atoms with Crippen LogP contribution in [-0.4, -0.2) is 18.8 Å². The van der Waals surface area contributed by atoms with Crippen LogP contribution in [0.3, 0.4) is 0 Å². The quantitative estimate of drug-likeness (QED) is 0.522. The van der Waals surface area contributed by atoms with E-state index in [0.29, 0.717) is 12.1 Å². The molecule has 2 heteroatoms. The fourth-order valence-corrected chi connectivity index (χ4v) is 0.755. The van der Waals surface area contributed by atoms with E-state index < -0.39 is 0 Å². The molecule has 1 rings (SSSR count). The summed E-state index contributed by atoms with van der Waals surface area (Å²) in [4.78, 5) is 0. The molecule has 1 aliphatic rings. The van der Waals surface area contributed by atoms with E-state index in [2.05, 4.69) is 19.2 Å². The van der Waals surface area contributed by atoms with Gasteiger partial charge in [0.05, 0.1) is 12.7 Å². The predicted octanol–water partition coefficient (Wildman–Crippen LogP) is 0.897. The van der Waals surface area contributed by atoms with Crippen molar-refractivity contribution in [2.45, 2.75) is 26.0 Å². The van der Waals surface area contributed by atoms with Crippen molar-refractivity contribution in [2.24, 2.45) is 0 Å². The van der Waals surface area contributed by atoms with Crippen LogP contribution in [0.25, 0.3) is 0 Å². The topological polar surface area (TPSA) is 21.3 Å². The summed E-state index contributed by atoms with van der Waals surface area (Å²) in [6, 6.07) is 0.434. The van der Waals surface area contributed by atoms with Crippen LogP contribution in [-0.2, 0) is 4.74 Å². The van der Waals surface area contributed by atoms with Gasteiger partial charge in [0, 0.05) is 6.04 Å². The van der Waals surface area contributed by atoms with Gasteiger partial charge in [-0.1, -0.05) is 0 Å². The zero-order chi connectivity index (χ0) is 6.69. The molecule has 0 saturated heterocycles. The first-order valence-corrected chi connectivity index (χ1v) is 3.33. The van der Waals surface area contributed by atoms with Crippen molar-refractivity contribution in [1.82, 2.24) is 5.32 Å². The molecule has 1 heterocycles. The lowest BCUT2D eigenvalue weighted by Crippen LogP contribution is -2.32. The van der Waals surface area contributed by atoms with Crippen molar-refractivity contribution in [3.63, 3.8) is 0 Å². The van der Waals surface area contributed by atoms with E-state index in [0.717, 1.165) is 6.61 Å². The standard InChI is InChI=1S/C7H13NO/c1-6-7(2)9-5-3-4-8-6/h3-4,6-8H,5H2,1-2H3. The van der Waals surface area contributed by atoms with Gasteiger partial charge in [0.1, 0.15) is 0 Å². The van der Waals surface area contributed by atoms with Crippen molar-refractivity contribution in [1.29, 1.82) is 0 Å². The highest BCUT2D eigenvalue weighted by molar-refractivity contribution is 4.87. The molecule has 0 radical (unpaired) electrons. The van der Waals surface area contributed by atoms with E-state index in [1.165, 1.54) is 0 Å². The molecule has 1 aliphatic heterocycles. The van der Waals surface area contributed by atoms with Crippen LogP contribution in [0.2, 0.25) is 0 Å². The molecular weight excluding hydrogens is 114 g/mol. The molecule has 0 bridgehead atoms. The molecule has 1 N–H and O–H groups in total. The highest BCUT2D eigenvalue weighted by Crippen LogP contribution is 2.00. The molecule has 0 aliphatic carbocycles. The average Bonchev–Trinajstić information content (AvgIpc) is 1.99. The Morgan fingerprint density at radius 2 is 2.33 bits per heavy atom. The second-order valence-electron chi connectivity index (χ2n) is 2.40. The van der Waals surface area contributed by atoms with Crippen molar-refractivity contribution in [3.8, 4) is 0 Å². The summed E-state index contributed by atoms with van der Waals surface area (Å²) < 4.78 is 5.37. The first-order chi connectivity index (χ1) is 4.30. The van der Waals surface area contributed by atoms with Gasteiger partial charge in [0.15, 0.2) is 0 Å². The third-order valence-corrected chi connectivity index (χ3v) is 1.64. The first-order valence-electron chi connectivity index (χ1n) is 3.33. The van der Waals surface area contributed by atoms with Crippen LogP contribution >= 0.6 is 0 Å². The molecule has 52 valence electrons. The Labute approximate surface area is 55.9 Å². The predicted molar refractivity (Wildman–Crippen MR) is 37.2 cm³/mol. The Bertz CT molecular complexity index is 111. The minimum Gasteiger partial charge on any atom is -0.386 e. The molecule has 0 aromatic carbocycles. The lowest BCUT2D eigenvalue weighted by molar-refractivity contribution is 0.0720. The van der Waals surface area contributed by atoms with Crippen molar-refractivity contribution < 1.29 is 4.74 Å². The molecule has 0 spiro atoms. The number of rotatable bonds is 0. The van der Waals surface area contributed by atoms with Gasteiger partial charge in [-0.2, -0.15) is 0 Å². The minimum atomic E-state index is 0.319. The molecule has 2 unspecified atom stereocenters. The Morgan fingerprint density at radius 3 is 3.11 bits per heavy atom. The lowest BCUT2D eigenvalue weighted by atomic mass is 10.2. The summed E-state index contributed by atoms with van der Waals surface area (Å²) in [6.45, 7) is 4.92. The normalized spacial score (nSPS) is 35.3. The summed E-state index contributed by atoms with van der Waals surface area (Å²) in [5.41, 5.74) is 0. The molecule has 9 heavy (non-hydrogen) atoms. The summed E-state index contributed by atoms with van der Waals surface area (Å²) in [5, 5.41) is 3.19. The minimum absolute atomic E-state index is 0.319. The van der Waals surface area contributed by atoms with Crippen LogP contribution in [0.15, 0.2) is 12.3 Å². The van der Waals surface area contributed by atoms with E-state index >= 15 is 0 Å². The molecular formula is C7H13NO. The van der Waals surface area contributed by atoms with Crippen LogP contribution in [0.1, 0.15) is 13.8 Å². The monoisotopic (exact) mass is 127 g/mol. The van der Waals surface area contributed by atoms with Gasteiger partial charge in [-0.25, -0.2) is 0 Å². The molecule has 0 aromatic rings. The third kappa shape index (κ3) is 1.72. The van der Waals surface area contributed by atoms with Crippen LogP contribution in [0.4, 0.5) is 0 Å². The molecule has 0 aromatic heterocycles. The van der Waals surface area contributed by atoms with Gasteiger partial charge in [-0.3, -0.25) is 0 Å². The second kappa shape index (κ2) is 2.87. The first kappa shape index (κ1) is 6.62. The number of nitrogens with one attached hydrogen (secondary N) is 1. The Kier molecular flexibility index (Phi) is 2.11. The van der Waals surface area contributed by atoms with Gasteiger partial charge >= 0.3 is 0 Å². The average molecular weight is 127 g/mol. The largest absolute Gasteiger partial charge is 0.386 e. The van der Waals surface area contributed by atoms with E-state index in [1.54, 1.807) is 0 Å². The summed E-state index contributed by atoms with van der Waals surface area (Å²) in [5.74, 6) is 0. The van der Waals surface area contributed by atoms with E-state index in [4.69, 9.17) is 4.74 Å². The van der Waals surface area contributed by atoms with Crippen molar-refractivity contribution in [3.05, 3.63) is 12.3 Å². The molecule has 2 atom stereocenters.